The average molecular weight is 291 g/mol. The van der Waals surface area contributed by atoms with Crippen LogP contribution in [0.1, 0.15) is 11.1 Å². The van der Waals surface area contributed by atoms with Crippen LogP contribution < -0.4 is 4.74 Å². The molecule has 0 aliphatic rings. The van der Waals surface area contributed by atoms with Crippen molar-refractivity contribution in [2.45, 2.75) is 10.8 Å². The summed E-state index contributed by atoms with van der Waals surface area (Å²) in [5.41, 5.74) is 1.62. The van der Waals surface area contributed by atoms with Gasteiger partial charge in [0.2, 0.25) is 0 Å². The molecular weight excluding hydrogens is 280 g/mol. The fourth-order valence-corrected chi connectivity index (χ4v) is 2.42. The smallest absolute Gasteiger partial charge is 0.136 e. The Kier molecular flexibility index (Phi) is 4.67. The van der Waals surface area contributed by atoms with Crippen LogP contribution in [0, 0.1) is 11.3 Å². The molecule has 0 N–H and O–H groups in total. The number of nitrogens with zero attached hydrogens (tertiary/aromatic N) is 2. The van der Waals surface area contributed by atoms with E-state index in [9.17, 15) is 0 Å². The molecule has 0 amide bonds. The second-order valence-electron chi connectivity index (χ2n) is 3.75. The van der Waals surface area contributed by atoms with E-state index in [4.69, 9.17) is 21.6 Å². The molecule has 2 rings (SSSR count). The summed E-state index contributed by atoms with van der Waals surface area (Å²) in [5.74, 6) is 1.36. The fourth-order valence-electron chi connectivity index (χ4n) is 1.52. The molecule has 2 aromatic rings. The molecule has 0 aliphatic heterocycles. The van der Waals surface area contributed by atoms with Crippen LogP contribution in [-0.4, -0.2) is 12.1 Å². The molecule has 0 unspecified atom stereocenters. The van der Waals surface area contributed by atoms with E-state index in [-0.39, 0.29) is 0 Å². The number of benzene rings is 1. The van der Waals surface area contributed by atoms with Gasteiger partial charge in [-0.3, -0.25) is 0 Å². The second-order valence-corrected chi connectivity index (χ2v) is 5.18. The first-order valence-corrected chi connectivity index (χ1v) is 6.90. The number of rotatable bonds is 4. The molecule has 0 atom stereocenters. The maximum absolute atomic E-state index is 8.92. The lowest BCUT2D eigenvalue weighted by Crippen LogP contribution is -1.90. The number of hydrogen-bond acceptors (Lipinski definition) is 4. The van der Waals surface area contributed by atoms with Crippen LogP contribution in [0.3, 0.4) is 0 Å². The van der Waals surface area contributed by atoms with Gasteiger partial charge in [0.05, 0.1) is 22.7 Å². The third-order valence-electron chi connectivity index (χ3n) is 2.47. The highest BCUT2D eigenvalue weighted by Crippen LogP contribution is 2.25. The van der Waals surface area contributed by atoms with Crippen LogP contribution in [0.2, 0.25) is 5.02 Å². The van der Waals surface area contributed by atoms with Crippen molar-refractivity contribution in [1.29, 1.82) is 5.26 Å². The third kappa shape index (κ3) is 3.63. The Morgan fingerprint density at radius 3 is 2.84 bits per heavy atom. The largest absolute Gasteiger partial charge is 0.495 e. The minimum atomic E-state index is 0.542. The Balaban J connectivity index is 2.07. The number of halogens is 1. The number of nitriles is 1. The Hall–Kier alpha value is -1.70. The number of ether oxygens (including phenoxy) is 1. The van der Waals surface area contributed by atoms with E-state index in [1.807, 2.05) is 24.3 Å². The van der Waals surface area contributed by atoms with Gasteiger partial charge in [0.15, 0.2) is 0 Å². The molecule has 0 fully saturated rings. The molecule has 19 heavy (non-hydrogen) atoms. The van der Waals surface area contributed by atoms with Gasteiger partial charge in [-0.2, -0.15) is 5.26 Å². The molecule has 5 heteroatoms. The maximum atomic E-state index is 8.92. The van der Waals surface area contributed by atoms with Crippen LogP contribution in [0.25, 0.3) is 0 Å². The van der Waals surface area contributed by atoms with Gasteiger partial charge in [-0.25, -0.2) is 4.98 Å². The summed E-state index contributed by atoms with van der Waals surface area (Å²) >= 11 is 7.39. The topological polar surface area (TPSA) is 45.9 Å². The van der Waals surface area contributed by atoms with Crippen LogP contribution in [0.15, 0.2) is 41.6 Å². The van der Waals surface area contributed by atoms with E-state index in [2.05, 4.69) is 11.1 Å². The second kappa shape index (κ2) is 6.46. The lowest BCUT2D eigenvalue weighted by Gasteiger charge is -2.06. The first-order chi connectivity index (χ1) is 9.22. The number of thioether (sulfide) groups is 1. The quantitative estimate of drug-likeness (QED) is 0.801. The van der Waals surface area contributed by atoms with Gasteiger partial charge in [0, 0.05) is 11.9 Å². The molecule has 3 nitrogen and oxygen atoms in total. The first-order valence-electron chi connectivity index (χ1n) is 5.54. The van der Waals surface area contributed by atoms with Gasteiger partial charge in [-0.05, 0) is 29.8 Å². The van der Waals surface area contributed by atoms with Crippen molar-refractivity contribution < 1.29 is 4.74 Å². The van der Waals surface area contributed by atoms with Crippen LogP contribution in [0.5, 0.6) is 5.75 Å². The van der Waals surface area contributed by atoms with E-state index >= 15 is 0 Å². The molecule has 1 heterocycles. The highest BCUT2D eigenvalue weighted by atomic mass is 35.5. The molecule has 0 aliphatic carbocycles. The molecule has 0 saturated heterocycles. The Morgan fingerprint density at radius 1 is 1.37 bits per heavy atom. The zero-order chi connectivity index (χ0) is 13.7. The Morgan fingerprint density at radius 2 is 2.21 bits per heavy atom. The third-order valence-corrected chi connectivity index (χ3v) is 3.71. The molecule has 0 radical (unpaired) electrons. The first kappa shape index (κ1) is 13.7. The maximum Gasteiger partial charge on any atom is 0.136 e. The van der Waals surface area contributed by atoms with Crippen molar-refractivity contribution in [1.82, 2.24) is 4.98 Å². The van der Waals surface area contributed by atoms with Crippen LogP contribution in [0.4, 0.5) is 0 Å². The molecule has 96 valence electrons. The standard InChI is InChI=1S/C14H11ClN2OS/c1-18-13-6-10(2-3-11(13)7-16)9-19-14-5-4-12(15)8-17-14/h2-6,8H,9H2,1H3. The van der Waals surface area contributed by atoms with Crippen LogP contribution in [-0.2, 0) is 5.75 Å². The van der Waals surface area contributed by atoms with E-state index in [0.29, 0.717) is 16.3 Å². The molecule has 0 saturated carbocycles. The summed E-state index contributed by atoms with van der Waals surface area (Å²) in [6.45, 7) is 0. The predicted molar refractivity (Wildman–Crippen MR) is 76.5 cm³/mol. The summed E-state index contributed by atoms with van der Waals surface area (Å²) in [6, 6.07) is 11.4. The Labute approximate surface area is 121 Å². The van der Waals surface area contributed by atoms with Crippen molar-refractivity contribution in [3.63, 3.8) is 0 Å². The molecule has 0 bridgehead atoms. The van der Waals surface area contributed by atoms with E-state index in [0.717, 1.165) is 16.3 Å². The van der Waals surface area contributed by atoms with Crippen molar-refractivity contribution in [2.75, 3.05) is 7.11 Å². The summed E-state index contributed by atoms with van der Waals surface area (Å²) in [6.07, 6.45) is 1.63. The normalized spacial score (nSPS) is 9.95. The summed E-state index contributed by atoms with van der Waals surface area (Å²) < 4.78 is 5.18. The van der Waals surface area contributed by atoms with Gasteiger partial charge in [-0.1, -0.05) is 17.7 Å². The number of aromatic nitrogens is 1. The predicted octanol–water partition coefficient (Wildman–Crippen LogP) is 3.91. The van der Waals surface area contributed by atoms with E-state index in [1.54, 1.807) is 31.1 Å². The highest BCUT2D eigenvalue weighted by Gasteiger charge is 2.04. The Bertz CT molecular complexity index is 608. The lowest BCUT2D eigenvalue weighted by atomic mass is 10.1. The monoisotopic (exact) mass is 290 g/mol. The summed E-state index contributed by atoms with van der Waals surface area (Å²) in [4.78, 5) is 4.22. The SMILES string of the molecule is COc1cc(CSc2ccc(Cl)cn2)ccc1C#N. The highest BCUT2D eigenvalue weighted by molar-refractivity contribution is 7.98. The minimum Gasteiger partial charge on any atom is -0.495 e. The van der Waals surface area contributed by atoms with Crippen molar-refractivity contribution in [3.8, 4) is 11.8 Å². The van der Waals surface area contributed by atoms with Gasteiger partial charge < -0.3 is 4.74 Å². The van der Waals surface area contributed by atoms with Crippen molar-refractivity contribution in [3.05, 3.63) is 52.7 Å². The number of pyridine rings is 1. The molecule has 1 aromatic heterocycles. The summed E-state index contributed by atoms with van der Waals surface area (Å²) in [5, 5.41) is 10.5. The molecular formula is C14H11ClN2OS. The van der Waals surface area contributed by atoms with E-state index in [1.165, 1.54) is 0 Å². The van der Waals surface area contributed by atoms with Gasteiger partial charge in [0.25, 0.3) is 0 Å². The molecule has 1 aromatic carbocycles. The van der Waals surface area contributed by atoms with Gasteiger partial charge in [0.1, 0.15) is 11.8 Å². The zero-order valence-corrected chi connectivity index (χ0v) is 11.8. The average Bonchev–Trinajstić information content (AvgIpc) is 2.46. The lowest BCUT2D eigenvalue weighted by molar-refractivity contribution is 0.413. The van der Waals surface area contributed by atoms with Crippen molar-refractivity contribution >= 4 is 23.4 Å². The number of methoxy groups -OCH3 is 1. The van der Waals surface area contributed by atoms with Crippen molar-refractivity contribution in [2.24, 2.45) is 0 Å². The number of hydrogen-bond donors (Lipinski definition) is 0. The van der Waals surface area contributed by atoms with Gasteiger partial charge in [-0.15, -0.1) is 11.8 Å². The fraction of sp³-hybridized carbons (Fsp3) is 0.143. The zero-order valence-electron chi connectivity index (χ0n) is 10.3. The minimum absolute atomic E-state index is 0.542. The van der Waals surface area contributed by atoms with E-state index < -0.39 is 0 Å². The molecule has 0 spiro atoms. The van der Waals surface area contributed by atoms with Gasteiger partial charge >= 0.3 is 0 Å². The van der Waals surface area contributed by atoms with Crippen LogP contribution >= 0.6 is 23.4 Å². The summed E-state index contributed by atoms with van der Waals surface area (Å²) in [7, 11) is 1.56.